The maximum atomic E-state index is 10.7. The fraction of sp³-hybridized carbons (Fsp3) is 0.444. The quantitative estimate of drug-likeness (QED) is 0.717. The van der Waals surface area contributed by atoms with Crippen molar-refractivity contribution in [2.75, 3.05) is 0 Å². The second-order valence-corrected chi connectivity index (χ2v) is 4.29. The van der Waals surface area contributed by atoms with Gasteiger partial charge in [-0.15, -0.1) is 11.3 Å². The van der Waals surface area contributed by atoms with E-state index < -0.39 is 18.0 Å². The third kappa shape index (κ3) is 1.47. The van der Waals surface area contributed by atoms with E-state index in [9.17, 15) is 9.90 Å². The molecule has 1 aliphatic carbocycles. The molecule has 2 rings (SSSR count). The number of hydrogen-bond acceptors (Lipinski definition) is 3. The molecule has 0 aliphatic heterocycles. The molecule has 0 bridgehead atoms. The average Bonchev–Trinajstić information content (AvgIpc) is 2.51. The first-order valence-electron chi connectivity index (χ1n) is 4.15. The molecular weight excluding hydrogens is 188 g/mol. The van der Waals surface area contributed by atoms with Crippen LogP contribution in [0, 0.1) is 5.92 Å². The van der Waals surface area contributed by atoms with Crippen molar-refractivity contribution in [1.29, 1.82) is 0 Å². The average molecular weight is 198 g/mol. The van der Waals surface area contributed by atoms with Gasteiger partial charge in [-0.3, -0.25) is 4.79 Å². The van der Waals surface area contributed by atoms with Gasteiger partial charge in [0.15, 0.2) is 0 Å². The van der Waals surface area contributed by atoms with E-state index in [1.807, 2.05) is 11.4 Å². The molecule has 0 saturated heterocycles. The van der Waals surface area contributed by atoms with Gasteiger partial charge in [0.05, 0.1) is 12.0 Å². The smallest absolute Gasteiger partial charge is 0.306 e. The molecule has 13 heavy (non-hydrogen) atoms. The molecule has 2 N–H and O–H groups in total. The zero-order valence-corrected chi connectivity index (χ0v) is 7.75. The molecule has 3 nitrogen and oxygen atoms in total. The SMILES string of the molecule is O=C(O)C1Cc2sccc2C(O)C1. The largest absolute Gasteiger partial charge is 0.481 e. The Kier molecular flexibility index (Phi) is 2.09. The Bertz CT molecular complexity index is 331. The highest BCUT2D eigenvalue weighted by Gasteiger charge is 2.30. The minimum Gasteiger partial charge on any atom is -0.481 e. The second kappa shape index (κ2) is 3.12. The van der Waals surface area contributed by atoms with Crippen molar-refractivity contribution in [3.63, 3.8) is 0 Å². The lowest BCUT2D eigenvalue weighted by Crippen LogP contribution is -2.23. The molecule has 0 fully saturated rings. The number of aliphatic hydroxyl groups excluding tert-OH is 1. The van der Waals surface area contributed by atoms with Crippen LogP contribution in [-0.2, 0) is 11.2 Å². The van der Waals surface area contributed by atoms with Crippen molar-refractivity contribution in [3.8, 4) is 0 Å². The van der Waals surface area contributed by atoms with Gasteiger partial charge in [0.25, 0.3) is 0 Å². The van der Waals surface area contributed by atoms with Gasteiger partial charge in [-0.05, 0) is 29.9 Å². The summed E-state index contributed by atoms with van der Waals surface area (Å²) in [5, 5.41) is 20.3. The van der Waals surface area contributed by atoms with Crippen molar-refractivity contribution in [3.05, 3.63) is 21.9 Å². The first-order valence-corrected chi connectivity index (χ1v) is 5.03. The van der Waals surface area contributed by atoms with Crippen molar-refractivity contribution in [2.45, 2.75) is 18.9 Å². The van der Waals surface area contributed by atoms with Crippen molar-refractivity contribution in [1.82, 2.24) is 0 Å². The molecule has 1 aromatic rings. The lowest BCUT2D eigenvalue weighted by atomic mass is 9.87. The van der Waals surface area contributed by atoms with Crippen LogP contribution in [0.2, 0.25) is 0 Å². The van der Waals surface area contributed by atoms with Crippen molar-refractivity contribution in [2.24, 2.45) is 5.92 Å². The fourth-order valence-electron chi connectivity index (χ4n) is 1.71. The molecule has 1 aromatic heterocycles. The highest BCUT2D eigenvalue weighted by atomic mass is 32.1. The van der Waals surface area contributed by atoms with E-state index in [1.165, 1.54) is 11.3 Å². The number of fused-ring (bicyclic) bond motifs is 1. The molecule has 4 heteroatoms. The monoisotopic (exact) mass is 198 g/mol. The van der Waals surface area contributed by atoms with Gasteiger partial charge in [0, 0.05) is 4.88 Å². The van der Waals surface area contributed by atoms with Gasteiger partial charge >= 0.3 is 5.97 Å². The molecule has 2 atom stereocenters. The number of hydrogen-bond donors (Lipinski definition) is 2. The molecule has 0 spiro atoms. The Morgan fingerprint density at radius 1 is 1.62 bits per heavy atom. The number of carboxylic acid groups (broad SMARTS) is 1. The van der Waals surface area contributed by atoms with Crippen molar-refractivity contribution < 1.29 is 15.0 Å². The molecule has 1 aliphatic rings. The maximum absolute atomic E-state index is 10.7. The van der Waals surface area contributed by atoms with Crippen LogP contribution in [0.15, 0.2) is 11.4 Å². The van der Waals surface area contributed by atoms with Gasteiger partial charge in [0.2, 0.25) is 0 Å². The summed E-state index contributed by atoms with van der Waals surface area (Å²) >= 11 is 1.53. The number of carbonyl (C=O) groups is 1. The zero-order chi connectivity index (χ0) is 9.42. The maximum Gasteiger partial charge on any atom is 0.306 e. The van der Waals surface area contributed by atoms with Crippen LogP contribution in [0.3, 0.4) is 0 Å². The van der Waals surface area contributed by atoms with Crippen LogP contribution in [0.25, 0.3) is 0 Å². The molecule has 0 amide bonds. The lowest BCUT2D eigenvalue weighted by molar-refractivity contribution is -0.143. The van der Waals surface area contributed by atoms with Crippen LogP contribution in [0.4, 0.5) is 0 Å². The van der Waals surface area contributed by atoms with Crippen LogP contribution in [-0.4, -0.2) is 16.2 Å². The summed E-state index contributed by atoms with van der Waals surface area (Å²) in [6.07, 6.45) is 0.328. The molecule has 1 heterocycles. The number of aliphatic carboxylic acids is 1. The Balaban J connectivity index is 2.28. The summed E-state index contributed by atoms with van der Waals surface area (Å²) in [5.41, 5.74) is 0.919. The topological polar surface area (TPSA) is 57.5 Å². The molecule has 0 aromatic carbocycles. The molecular formula is C9H10O3S. The van der Waals surface area contributed by atoms with E-state index in [-0.39, 0.29) is 0 Å². The highest BCUT2D eigenvalue weighted by Crippen LogP contribution is 2.36. The number of thiophene rings is 1. The van der Waals surface area contributed by atoms with E-state index >= 15 is 0 Å². The third-order valence-electron chi connectivity index (χ3n) is 2.43. The predicted octanol–water partition coefficient (Wildman–Crippen LogP) is 1.43. The van der Waals surface area contributed by atoms with Crippen LogP contribution in [0.1, 0.15) is 23.0 Å². The zero-order valence-electron chi connectivity index (χ0n) is 6.93. The molecule has 2 unspecified atom stereocenters. The summed E-state index contributed by atoms with van der Waals surface area (Å²) in [5.74, 6) is -1.22. The van der Waals surface area contributed by atoms with Gasteiger partial charge in [-0.25, -0.2) is 0 Å². The second-order valence-electron chi connectivity index (χ2n) is 3.29. The number of rotatable bonds is 1. The Hall–Kier alpha value is -0.870. The predicted molar refractivity (Wildman–Crippen MR) is 48.7 cm³/mol. The van der Waals surface area contributed by atoms with E-state index in [2.05, 4.69) is 0 Å². The van der Waals surface area contributed by atoms with Gasteiger partial charge in [0.1, 0.15) is 0 Å². The van der Waals surface area contributed by atoms with E-state index in [1.54, 1.807) is 0 Å². The van der Waals surface area contributed by atoms with Gasteiger partial charge in [-0.2, -0.15) is 0 Å². The summed E-state index contributed by atoms with van der Waals surface area (Å²) < 4.78 is 0. The van der Waals surface area contributed by atoms with Crippen LogP contribution >= 0.6 is 11.3 Å². The minimum atomic E-state index is -0.807. The first kappa shape index (κ1) is 8.72. The van der Waals surface area contributed by atoms with Gasteiger partial charge < -0.3 is 10.2 Å². The van der Waals surface area contributed by atoms with Crippen LogP contribution < -0.4 is 0 Å². The molecule has 0 radical (unpaired) electrons. The van der Waals surface area contributed by atoms with E-state index in [0.29, 0.717) is 12.8 Å². The summed E-state index contributed by atoms with van der Waals surface area (Å²) in [6, 6.07) is 1.88. The normalized spacial score (nSPS) is 26.8. The third-order valence-corrected chi connectivity index (χ3v) is 3.39. The molecule has 0 saturated carbocycles. The summed E-state index contributed by atoms with van der Waals surface area (Å²) in [7, 11) is 0. The lowest BCUT2D eigenvalue weighted by Gasteiger charge is -2.22. The standard InChI is InChI=1S/C9H10O3S/c10-7-3-5(9(11)12)4-8-6(7)1-2-13-8/h1-2,5,7,10H,3-4H2,(H,11,12). The fourth-order valence-corrected chi connectivity index (χ4v) is 2.72. The first-order chi connectivity index (χ1) is 6.18. The highest BCUT2D eigenvalue weighted by molar-refractivity contribution is 7.10. The minimum absolute atomic E-state index is 0.346. The van der Waals surface area contributed by atoms with E-state index in [0.717, 1.165) is 10.4 Å². The number of carboxylic acids is 1. The van der Waals surface area contributed by atoms with Crippen LogP contribution in [0.5, 0.6) is 0 Å². The Morgan fingerprint density at radius 2 is 2.38 bits per heavy atom. The van der Waals surface area contributed by atoms with Crippen molar-refractivity contribution >= 4 is 17.3 Å². The molecule has 70 valence electrons. The van der Waals surface area contributed by atoms with Gasteiger partial charge in [-0.1, -0.05) is 0 Å². The summed E-state index contributed by atoms with van der Waals surface area (Å²) in [4.78, 5) is 11.7. The Labute approximate surface area is 79.6 Å². The summed E-state index contributed by atoms with van der Waals surface area (Å²) in [6.45, 7) is 0. The van der Waals surface area contributed by atoms with E-state index in [4.69, 9.17) is 5.11 Å². The Morgan fingerprint density at radius 3 is 3.08 bits per heavy atom. The number of aliphatic hydroxyl groups is 1.